The van der Waals surface area contributed by atoms with Gasteiger partial charge in [-0.15, -0.1) is 0 Å². The standard InChI is InChI=1S/C20H21N5O2/c21-10-18-17(9-14-2-1-5-25(20(22)26)19(14)24-18)16-8-15(11-23-12-16)13-3-6-27-7-4-13/h8-9,11-13H,1-7H2,(H2,22,26). The summed E-state index contributed by atoms with van der Waals surface area (Å²) in [5.41, 5.74) is 9.48. The van der Waals surface area contributed by atoms with Crippen LogP contribution in [0.5, 0.6) is 0 Å². The van der Waals surface area contributed by atoms with Crippen LogP contribution in [0, 0.1) is 11.3 Å². The lowest BCUT2D eigenvalue weighted by Gasteiger charge is -2.27. The molecule has 0 aliphatic carbocycles. The van der Waals surface area contributed by atoms with E-state index in [-0.39, 0.29) is 5.69 Å². The number of anilines is 1. The topological polar surface area (TPSA) is 105 Å². The quantitative estimate of drug-likeness (QED) is 0.883. The summed E-state index contributed by atoms with van der Waals surface area (Å²) >= 11 is 0. The average Bonchev–Trinajstić information content (AvgIpc) is 2.73. The van der Waals surface area contributed by atoms with Gasteiger partial charge in [-0.2, -0.15) is 5.26 Å². The molecule has 4 heterocycles. The van der Waals surface area contributed by atoms with Crippen LogP contribution in [-0.4, -0.2) is 35.8 Å². The predicted octanol–water partition coefficient (Wildman–Crippen LogP) is 2.74. The molecule has 2 N–H and O–H groups in total. The third-order valence-electron chi connectivity index (χ3n) is 5.30. The smallest absolute Gasteiger partial charge is 0.320 e. The Kier molecular flexibility index (Phi) is 4.73. The summed E-state index contributed by atoms with van der Waals surface area (Å²) in [5, 5.41) is 9.64. The van der Waals surface area contributed by atoms with Gasteiger partial charge in [-0.1, -0.05) is 0 Å². The number of carbonyl (C=O) groups is 1. The number of rotatable bonds is 2. The average molecular weight is 363 g/mol. The van der Waals surface area contributed by atoms with Crippen molar-refractivity contribution in [2.24, 2.45) is 5.73 Å². The van der Waals surface area contributed by atoms with Crippen LogP contribution in [0.25, 0.3) is 11.1 Å². The van der Waals surface area contributed by atoms with E-state index >= 15 is 0 Å². The van der Waals surface area contributed by atoms with Crippen LogP contribution >= 0.6 is 0 Å². The molecule has 27 heavy (non-hydrogen) atoms. The monoisotopic (exact) mass is 363 g/mol. The second kappa shape index (κ2) is 7.33. The van der Waals surface area contributed by atoms with Gasteiger partial charge < -0.3 is 10.5 Å². The molecule has 2 amide bonds. The van der Waals surface area contributed by atoms with Gasteiger partial charge in [0, 0.05) is 43.3 Å². The third kappa shape index (κ3) is 3.36. The van der Waals surface area contributed by atoms with Crippen molar-refractivity contribution in [3.63, 3.8) is 0 Å². The van der Waals surface area contributed by atoms with E-state index in [2.05, 4.69) is 22.1 Å². The number of pyridine rings is 2. The first kappa shape index (κ1) is 17.4. The van der Waals surface area contributed by atoms with Gasteiger partial charge in [-0.3, -0.25) is 9.88 Å². The summed E-state index contributed by atoms with van der Waals surface area (Å²) in [6, 6.07) is 5.68. The summed E-state index contributed by atoms with van der Waals surface area (Å²) in [5.74, 6) is 0.926. The van der Waals surface area contributed by atoms with Gasteiger partial charge >= 0.3 is 6.03 Å². The number of aryl methyl sites for hydroxylation is 1. The fourth-order valence-electron chi connectivity index (χ4n) is 3.88. The molecule has 0 saturated carbocycles. The first-order valence-electron chi connectivity index (χ1n) is 9.21. The van der Waals surface area contributed by atoms with Gasteiger partial charge in [-0.25, -0.2) is 9.78 Å². The van der Waals surface area contributed by atoms with Crippen LogP contribution in [0.4, 0.5) is 10.6 Å². The van der Waals surface area contributed by atoms with Crippen molar-refractivity contribution in [1.29, 1.82) is 5.26 Å². The van der Waals surface area contributed by atoms with E-state index in [1.807, 2.05) is 12.3 Å². The van der Waals surface area contributed by atoms with Gasteiger partial charge in [0.05, 0.1) is 0 Å². The van der Waals surface area contributed by atoms with Crippen LogP contribution in [0.3, 0.4) is 0 Å². The fourth-order valence-corrected chi connectivity index (χ4v) is 3.88. The van der Waals surface area contributed by atoms with E-state index in [9.17, 15) is 10.1 Å². The van der Waals surface area contributed by atoms with Crippen molar-refractivity contribution in [3.05, 3.63) is 41.3 Å². The van der Waals surface area contributed by atoms with E-state index in [1.165, 1.54) is 4.90 Å². The highest BCUT2D eigenvalue weighted by Gasteiger charge is 2.25. The van der Waals surface area contributed by atoms with Gasteiger partial charge in [0.1, 0.15) is 11.9 Å². The Morgan fingerprint density at radius 3 is 2.85 bits per heavy atom. The number of carbonyl (C=O) groups excluding carboxylic acids is 1. The summed E-state index contributed by atoms with van der Waals surface area (Å²) in [6.07, 6.45) is 7.24. The molecule has 0 spiro atoms. The molecule has 0 aromatic carbocycles. The Labute approximate surface area is 157 Å². The zero-order valence-electron chi connectivity index (χ0n) is 15.0. The summed E-state index contributed by atoms with van der Waals surface area (Å²) in [6.45, 7) is 2.06. The highest BCUT2D eigenvalue weighted by molar-refractivity contribution is 5.91. The van der Waals surface area contributed by atoms with E-state index in [0.29, 0.717) is 18.3 Å². The zero-order chi connectivity index (χ0) is 18.8. The van der Waals surface area contributed by atoms with Gasteiger partial charge in [0.2, 0.25) is 0 Å². The molecule has 0 radical (unpaired) electrons. The number of aromatic nitrogens is 2. The molecular weight excluding hydrogens is 342 g/mol. The van der Waals surface area contributed by atoms with Crippen LogP contribution in [-0.2, 0) is 11.2 Å². The Bertz CT molecular complexity index is 915. The van der Waals surface area contributed by atoms with Crippen LogP contribution in [0.1, 0.15) is 42.0 Å². The molecule has 2 aliphatic heterocycles. The first-order chi connectivity index (χ1) is 13.2. The fraction of sp³-hybridized carbons (Fsp3) is 0.400. The van der Waals surface area contributed by atoms with Crippen molar-refractivity contribution < 1.29 is 9.53 Å². The van der Waals surface area contributed by atoms with E-state index in [0.717, 1.165) is 61.2 Å². The number of hydrogen-bond acceptors (Lipinski definition) is 5. The maximum atomic E-state index is 11.7. The lowest BCUT2D eigenvalue weighted by molar-refractivity contribution is 0.0853. The third-order valence-corrected chi connectivity index (χ3v) is 5.30. The lowest BCUT2D eigenvalue weighted by Crippen LogP contribution is -2.40. The second-order valence-electron chi connectivity index (χ2n) is 6.97. The Morgan fingerprint density at radius 1 is 1.30 bits per heavy atom. The highest BCUT2D eigenvalue weighted by atomic mass is 16.5. The number of ether oxygens (including phenoxy) is 1. The van der Waals surface area contributed by atoms with Crippen LogP contribution < -0.4 is 10.6 Å². The molecule has 2 aromatic rings. The van der Waals surface area contributed by atoms with Crippen molar-refractivity contribution in [1.82, 2.24) is 9.97 Å². The summed E-state index contributed by atoms with van der Waals surface area (Å²) < 4.78 is 5.45. The number of primary amides is 1. The normalized spacial score (nSPS) is 17.2. The molecule has 1 saturated heterocycles. The van der Waals surface area contributed by atoms with Gasteiger partial charge in [0.25, 0.3) is 0 Å². The second-order valence-corrected chi connectivity index (χ2v) is 6.97. The number of hydrogen-bond donors (Lipinski definition) is 1. The van der Waals surface area contributed by atoms with Crippen molar-refractivity contribution in [2.45, 2.75) is 31.6 Å². The Hall–Kier alpha value is -2.98. The Balaban J connectivity index is 1.76. The molecule has 7 heteroatoms. The van der Waals surface area contributed by atoms with Crippen molar-refractivity contribution in [2.75, 3.05) is 24.7 Å². The molecule has 2 aromatic heterocycles. The van der Waals surface area contributed by atoms with Gasteiger partial charge in [-0.05, 0) is 54.9 Å². The maximum absolute atomic E-state index is 11.7. The first-order valence-corrected chi connectivity index (χ1v) is 9.21. The molecule has 138 valence electrons. The van der Waals surface area contributed by atoms with E-state index in [4.69, 9.17) is 10.5 Å². The number of fused-ring (bicyclic) bond motifs is 1. The Morgan fingerprint density at radius 2 is 2.11 bits per heavy atom. The molecule has 7 nitrogen and oxygen atoms in total. The maximum Gasteiger partial charge on any atom is 0.320 e. The number of urea groups is 1. The van der Waals surface area contributed by atoms with Crippen molar-refractivity contribution in [3.8, 4) is 17.2 Å². The molecule has 0 unspecified atom stereocenters. The molecule has 2 aliphatic rings. The minimum absolute atomic E-state index is 0.285. The molecule has 0 atom stereocenters. The minimum Gasteiger partial charge on any atom is -0.381 e. The number of nitrogens with zero attached hydrogens (tertiary/aromatic N) is 4. The molecule has 4 rings (SSSR count). The predicted molar refractivity (Wildman–Crippen MR) is 100 cm³/mol. The molecule has 0 bridgehead atoms. The van der Waals surface area contributed by atoms with Crippen molar-refractivity contribution >= 4 is 11.8 Å². The molecular formula is C20H21N5O2. The molecule has 1 fully saturated rings. The van der Waals surface area contributed by atoms with Gasteiger partial charge in [0.15, 0.2) is 5.69 Å². The lowest BCUT2D eigenvalue weighted by atomic mass is 9.90. The van der Waals surface area contributed by atoms with Crippen LogP contribution in [0.15, 0.2) is 24.5 Å². The number of amides is 2. The van der Waals surface area contributed by atoms with Crippen LogP contribution in [0.2, 0.25) is 0 Å². The summed E-state index contributed by atoms with van der Waals surface area (Å²) in [7, 11) is 0. The summed E-state index contributed by atoms with van der Waals surface area (Å²) in [4.78, 5) is 22.0. The minimum atomic E-state index is -0.539. The van der Waals surface area contributed by atoms with E-state index in [1.54, 1.807) is 6.20 Å². The zero-order valence-corrected chi connectivity index (χ0v) is 15.0. The SMILES string of the molecule is N#Cc1nc2c(cc1-c1cncc(C3CCOCC3)c1)CCCN2C(N)=O. The highest BCUT2D eigenvalue weighted by Crippen LogP contribution is 2.34. The van der Waals surface area contributed by atoms with E-state index < -0.39 is 6.03 Å². The number of nitriles is 1. The largest absolute Gasteiger partial charge is 0.381 e. The number of nitrogens with two attached hydrogens (primary N) is 1.